The van der Waals surface area contributed by atoms with Gasteiger partial charge in [0.25, 0.3) is 0 Å². The summed E-state index contributed by atoms with van der Waals surface area (Å²) in [5, 5.41) is 0. The Hall–Kier alpha value is -0.520. The monoisotopic (exact) mass is 330 g/mol. The van der Waals surface area contributed by atoms with Crippen molar-refractivity contribution in [1.29, 1.82) is 0 Å². The highest BCUT2D eigenvalue weighted by molar-refractivity contribution is 7.93. The molecule has 0 radical (unpaired) electrons. The Kier molecular flexibility index (Phi) is 5.06. The van der Waals surface area contributed by atoms with Gasteiger partial charge in [-0.15, -0.1) is 4.08 Å². The Bertz CT molecular complexity index is 571. The van der Waals surface area contributed by atoms with Crippen LogP contribution in [0.3, 0.4) is 0 Å². The standard InChI is InChI=1S/C14H23N2O3PS/c1-11(2)14-10-19-20(15(4)5)16(14)21(17,18)13-8-6-12(3)7-9-13/h6-9,11,14H,10H2,1-5H3/t14-,20?/m1/s1. The second-order valence-corrected chi connectivity index (χ2v) is 9.88. The topological polar surface area (TPSA) is 49.9 Å². The van der Waals surface area contributed by atoms with Crippen LogP contribution < -0.4 is 0 Å². The molecule has 1 unspecified atom stereocenters. The molecule has 1 aliphatic heterocycles. The molecule has 5 nitrogen and oxygen atoms in total. The zero-order chi connectivity index (χ0) is 15.8. The molecule has 1 aliphatic rings. The lowest BCUT2D eigenvalue weighted by molar-refractivity contribution is 0.292. The first-order valence-electron chi connectivity index (χ1n) is 6.96. The molecule has 1 saturated heterocycles. The zero-order valence-electron chi connectivity index (χ0n) is 13.1. The molecule has 0 spiro atoms. The zero-order valence-corrected chi connectivity index (χ0v) is 14.9. The molecule has 2 atom stereocenters. The Balaban J connectivity index is 2.45. The number of rotatable bonds is 4. The van der Waals surface area contributed by atoms with E-state index in [4.69, 9.17) is 4.52 Å². The second kappa shape index (κ2) is 6.31. The SMILES string of the molecule is Cc1ccc(S(=O)(=O)N2[C@@H](C(C)C)COP2N(C)C)cc1. The molecule has 0 bridgehead atoms. The number of nitrogens with zero attached hydrogens (tertiary/aromatic N) is 2. The summed E-state index contributed by atoms with van der Waals surface area (Å²) in [5.74, 6) is 0.206. The van der Waals surface area contributed by atoms with Gasteiger partial charge in [0.15, 0.2) is 0 Å². The van der Waals surface area contributed by atoms with Crippen molar-refractivity contribution in [1.82, 2.24) is 8.75 Å². The van der Waals surface area contributed by atoms with E-state index >= 15 is 0 Å². The third-order valence-electron chi connectivity index (χ3n) is 3.49. The summed E-state index contributed by atoms with van der Waals surface area (Å²) in [7, 11) is -1.12. The Morgan fingerprint density at radius 3 is 2.33 bits per heavy atom. The van der Waals surface area contributed by atoms with Crippen molar-refractivity contribution in [3.05, 3.63) is 29.8 Å². The van der Waals surface area contributed by atoms with E-state index in [0.29, 0.717) is 11.5 Å². The molecule has 118 valence electrons. The van der Waals surface area contributed by atoms with Gasteiger partial charge < -0.3 is 4.52 Å². The van der Waals surface area contributed by atoms with Crippen LogP contribution in [0.5, 0.6) is 0 Å². The van der Waals surface area contributed by atoms with Gasteiger partial charge in [0.05, 0.1) is 17.5 Å². The lowest BCUT2D eigenvalue weighted by Gasteiger charge is -2.31. The van der Waals surface area contributed by atoms with E-state index in [2.05, 4.69) is 0 Å². The van der Waals surface area contributed by atoms with E-state index in [1.165, 1.54) is 0 Å². The number of aryl methyl sites for hydroxylation is 1. The molecule has 1 heterocycles. The maximum atomic E-state index is 13.0. The van der Waals surface area contributed by atoms with Gasteiger partial charge in [0, 0.05) is 0 Å². The minimum Gasteiger partial charge on any atom is -0.329 e. The third kappa shape index (κ3) is 3.30. The molecule has 2 rings (SSSR count). The fraction of sp³-hybridized carbons (Fsp3) is 0.571. The average molecular weight is 330 g/mol. The Morgan fingerprint density at radius 2 is 1.86 bits per heavy atom. The molecule has 0 aliphatic carbocycles. The van der Waals surface area contributed by atoms with Gasteiger partial charge in [0.2, 0.25) is 18.5 Å². The summed E-state index contributed by atoms with van der Waals surface area (Å²) < 4.78 is 35.2. The van der Waals surface area contributed by atoms with Gasteiger partial charge in [-0.3, -0.25) is 4.67 Å². The smallest absolute Gasteiger partial charge is 0.249 e. The van der Waals surface area contributed by atoms with Crippen molar-refractivity contribution >= 4 is 18.5 Å². The van der Waals surface area contributed by atoms with E-state index in [1.54, 1.807) is 16.2 Å². The van der Waals surface area contributed by atoms with Crippen LogP contribution in [-0.4, -0.2) is 43.9 Å². The van der Waals surface area contributed by atoms with Crippen molar-refractivity contribution in [2.45, 2.75) is 31.7 Å². The van der Waals surface area contributed by atoms with Crippen molar-refractivity contribution in [2.75, 3.05) is 20.7 Å². The van der Waals surface area contributed by atoms with E-state index < -0.39 is 18.5 Å². The van der Waals surface area contributed by atoms with Crippen molar-refractivity contribution in [3.63, 3.8) is 0 Å². The van der Waals surface area contributed by atoms with Crippen LogP contribution in [0.25, 0.3) is 0 Å². The van der Waals surface area contributed by atoms with Gasteiger partial charge in [-0.05, 0) is 39.1 Å². The molecule has 1 aromatic rings. The molecule has 21 heavy (non-hydrogen) atoms. The molecular formula is C14H23N2O3PS. The Morgan fingerprint density at radius 1 is 1.29 bits per heavy atom. The average Bonchev–Trinajstić information content (AvgIpc) is 2.84. The molecule has 0 saturated carbocycles. The van der Waals surface area contributed by atoms with Crippen molar-refractivity contribution in [3.8, 4) is 0 Å². The fourth-order valence-corrected chi connectivity index (χ4v) is 6.74. The quantitative estimate of drug-likeness (QED) is 0.797. The summed E-state index contributed by atoms with van der Waals surface area (Å²) in [5.41, 5.74) is 1.04. The van der Waals surface area contributed by atoms with E-state index in [9.17, 15) is 8.42 Å². The van der Waals surface area contributed by atoms with Crippen LogP contribution in [0, 0.1) is 12.8 Å². The molecule has 0 aromatic heterocycles. The van der Waals surface area contributed by atoms with Gasteiger partial charge in [-0.2, -0.15) is 0 Å². The van der Waals surface area contributed by atoms with Crippen LogP contribution in [0.1, 0.15) is 19.4 Å². The van der Waals surface area contributed by atoms with Crippen molar-refractivity contribution in [2.24, 2.45) is 5.92 Å². The highest BCUT2D eigenvalue weighted by Gasteiger charge is 2.46. The number of sulfonamides is 1. The largest absolute Gasteiger partial charge is 0.329 e. The summed E-state index contributed by atoms with van der Waals surface area (Å²) in [6.45, 7) is 6.45. The van der Waals surface area contributed by atoms with Gasteiger partial charge in [0.1, 0.15) is 0 Å². The highest BCUT2D eigenvalue weighted by atomic mass is 32.2. The molecule has 1 fully saturated rings. The third-order valence-corrected chi connectivity index (χ3v) is 7.88. The first kappa shape index (κ1) is 16.8. The lowest BCUT2D eigenvalue weighted by Crippen LogP contribution is -2.38. The first-order valence-corrected chi connectivity index (χ1v) is 9.57. The van der Waals surface area contributed by atoms with Crippen LogP contribution >= 0.6 is 8.45 Å². The number of hydrogen-bond acceptors (Lipinski definition) is 4. The van der Waals surface area contributed by atoms with E-state index in [1.807, 2.05) is 51.7 Å². The molecule has 0 N–H and O–H groups in total. The van der Waals surface area contributed by atoms with Gasteiger partial charge in [-0.1, -0.05) is 31.5 Å². The summed E-state index contributed by atoms with van der Waals surface area (Å²) in [4.78, 5) is 0.332. The number of hydrogen-bond donors (Lipinski definition) is 0. The summed E-state index contributed by atoms with van der Waals surface area (Å²) in [6, 6.07) is 6.87. The predicted molar refractivity (Wildman–Crippen MR) is 85.4 cm³/mol. The van der Waals surface area contributed by atoms with Crippen LogP contribution in [0.15, 0.2) is 29.2 Å². The predicted octanol–water partition coefficient (Wildman–Crippen LogP) is 2.83. The molecule has 0 amide bonds. The molecule has 1 aromatic carbocycles. The second-order valence-electron chi connectivity index (χ2n) is 5.80. The van der Waals surface area contributed by atoms with E-state index in [0.717, 1.165) is 5.56 Å². The van der Waals surface area contributed by atoms with Crippen LogP contribution in [-0.2, 0) is 14.5 Å². The van der Waals surface area contributed by atoms with E-state index in [-0.39, 0.29) is 12.0 Å². The van der Waals surface area contributed by atoms with Crippen molar-refractivity contribution < 1.29 is 12.9 Å². The maximum absolute atomic E-state index is 13.0. The Labute approximate surface area is 128 Å². The maximum Gasteiger partial charge on any atom is 0.249 e. The molecule has 7 heteroatoms. The molecular weight excluding hydrogens is 307 g/mol. The normalized spacial score (nSPS) is 24.1. The summed E-state index contributed by atoms with van der Waals surface area (Å²) >= 11 is 0. The fourth-order valence-electron chi connectivity index (χ4n) is 2.22. The minimum atomic E-state index is -3.55. The first-order chi connectivity index (χ1) is 9.75. The lowest BCUT2D eigenvalue weighted by atomic mass is 10.1. The summed E-state index contributed by atoms with van der Waals surface area (Å²) in [6.07, 6.45) is 0. The van der Waals surface area contributed by atoms with Crippen LogP contribution in [0.4, 0.5) is 0 Å². The minimum absolute atomic E-state index is 0.121. The van der Waals surface area contributed by atoms with Gasteiger partial charge in [-0.25, -0.2) is 8.42 Å². The van der Waals surface area contributed by atoms with Gasteiger partial charge >= 0.3 is 0 Å². The number of benzene rings is 1. The highest BCUT2D eigenvalue weighted by Crippen LogP contribution is 2.54. The van der Waals surface area contributed by atoms with Crippen LogP contribution in [0.2, 0.25) is 0 Å².